The normalized spacial score (nSPS) is 18.2. The van der Waals surface area contributed by atoms with Gasteiger partial charge in [-0.1, -0.05) is 0 Å². The van der Waals surface area contributed by atoms with Crippen LogP contribution in [0.5, 0.6) is 11.5 Å². The minimum atomic E-state index is -3.55. The number of ether oxygens (including phenoxy) is 2. The van der Waals surface area contributed by atoms with E-state index in [9.17, 15) is 13.2 Å². The summed E-state index contributed by atoms with van der Waals surface area (Å²) in [4.78, 5) is 12.9. The Morgan fingerprint density at radius 1 is 1.24 bits per heavy atom. The van der Waals surface area contributed by atoms with Crippen molar-refractivity contribution in [3.8, 4) is 11.5 Å². The average Bonchev–Trinajstić information content (AvgIpc) is 2.60. The predicted octanol–water partition coefficient (Wildman–Crippen LogP) is 1.05. The zero-order valence-corrected chi connectivity index (χ0v) is 15.9. The Kier molecular flexibility index (Phi) is 5.95. The van der Waals surface area contributed by atoms with Gasteiger partial charge in [0.05, 0.1) is 20.3 Å². The van der Waals surface area contributed by atoms with Gasteiger partial charge < -0.3 is 20.1 Å². The van der Waals surface area contributed by atoms with E-state index in [-0.39, 0.29) is 12.8 Å². The predicted molar refractivity (Wildman–Crippen MR) is 95.8 cm³/mol. The minimum absolute atomic E-state index is 0.264. The number of nitrogens with one attached hydrogen (secondary N) is 2. The first-order chi connectivity index (χ1) is 11.7. The number of carbonyl (C=O) groups is 1. The van der Waals surface area contributed by atoms with E-state index in [1.807, 2.05) is 0 Å². The van der Waals surface area contributed by atoms with Crippen LogP contribution in [0.4, 0.5) is 0 Å². The highest BCUT2D eigenvalue weighted by molar-refractivity contribution is 7.92. The Morgan fingerprint density at radius 2 is 1.88 bits per heavy atom. The maximum Gasteiger partial charge on any atom is 0.242 e. The van der Waals surface area contributed by atoms with Crippen LogP contribution in [0.3, 0.4) is 0 Å². The van der Waals surface area contributed by atoms with Gasteiger partial charge >= 0.3 is 0 Å². The van der Waals surface area contributed by atoms with Crippen LogP contribution in [-0.4, -0.2) is 52.6 Å². The molecule has 7 nitrogen and oxygen atoms in total. The molecular formula is C17H26N2O5S. The Morgan fingerprint density at radius 3 is 2.40 bits per heavy atom. The maximum atomic E-state index is 12.9. The molecule has 0 saturated carbocycles. The largest absolute Gasteiger partial charge is 0.497 e. The third-order valence-corrected chi connectivity index (χ3v) is 6.80. The molecule has 1 aromatic rings. The van der Waals surface area contributed by atoms with Gasteiger partial charge in [-0.3, -0.25) is 4.79 Å². The molecule has 140 valence electrons. The summed E-state index contributed by atoms with van der Waals surface area (Å²) in [5.41, 5.74) is 0.729. The van der Waals surface area contributed by atoms with E-state index >= 15 is 0 Å². The van der Waals surface area contributed by atoms with Gasteiger partial charge in [0.2, 0.25) is 5.91 Å². The fourth-order valence-corrected chi connectivity index (χ4v) is 4.52. The van der Waals surface area contributed by atoms with Gasteiger partial charge in [-0.2, -0.15) is 0 Å². The van der Waals surface area contributed by atoms with Crippen LogP contribution in [0.25, 0.3) is 0 Å². The van der Waals surface area contributed by atoms with E-state index in [0.29, 0.717) is 24.6 Å². The lowest BCUT2D eigenvalue weighted by molar-refractivity contribution is -0.125. The highest BCUT2D eigenvalue weighted by atomic mass is 32.2. The number of rotatable bonds is 6. The van der Waals surface area contributed by atoms with E-state index in [4.69, 9.17) is 9.47 Å². The lowest BCUT2D eigenvalue weighted by Gasteiger charge is -2.35. The van der Waals surface area contributed by atoms with Gasteiger partial charge in [0.1, 0.15) is 11.5 Å². The molecule has 1 heterocycles. The van der Waals surface area contributed by atoms with Crippen molar-refractivity contribution in [3.05, 3.63) is 23.8 Å². The summed E-state index contributed by atoms with van der Waals surface area (Å²) in [6, 6.07) is 4.88. The lowest BCUT2D eigenvalue weighted by atomic mass is 9.95. The molecule has 0 aromatic heterocycles. The third kappa shape index (κ3) is 3.90. The zero-order valence-electron chi connectivity index (χ0n) is 15.1. The molecule has 0 radical (unpaired) electrons. The maximum absolute atomic E-state index is 12.9. The summed E-state index contributed by atoms with van der Waals surface area (Å²) in [6.07, 6.45) is 1.66. The van der Waals surface area contributed by atoms with Crippen LogP contribution < -0.4 is 20.1 Å². The van der Waals surface area contributed by atoms with Crippen molar-refractivity contribution < 1.29 is 22.7 Å². The van der Waals surface area contributed by atoms with Gasteiger partial charge in [0.15, 0.2) is 14.6 Å². The van der Waals surface area contributed by atoms with Crippen LogP contribution in [0.2, 0.25) is 0 Å². The van der Waals surface area contributed by atoms with E-state index in [0.717, 1.165) is 11.8 Å². The number of methoxy groups -OCH3 is 2. The van der Waals surface area contributed by atoms with Crippen molar-refractivity contribution in [1.82, 2.24) is 10.6 Å². The van der Waals surface area contributed by atoms with Gasteiger partial charge in [-0.05, 0) is 51.1 Å². The molecule has 1 fully saturated rings. The topological polar surface area (TPSA) is 93.7 Å². The Bertz CT molecular complexity index is 727. The van der Waals surface area contributed by atoms with Crippen molar-refractivity contribution in [1.29, 1.82) is 0 Å². The summed E-state index contributed by atoms with van der Waals surface area (Å²) in [7, 11) is -0.447. The molecule has 2 rings (SSSR count). The summed E-state index contributed by atoms with van der Waals surface area (Å²) in [6.45, 7) is 2.79. The Hall–Kier alpha value is -1.80. The summed E-state index contributed by atoms with van der Waals surface area (Å²) in [5.74, 6) is 0.776. The Balaban J connectivity index is 2.30. The van der Waals surface area contributed by atoms with Gasteiger partial charge in [0, 0.05) is 11.8 Å². The third-order valence-electron chi connectivity index (χ3n) is 4.79. The molecule has 1 aliphatic heterocycles. The molecule has 1 aliphatic rings. The summed E-state index contributed by atoms with van der Waals surface area (Å²) in [5, 5.41) is 5.96. The number of hydrogen-bond donors (Lipinski definition) is 2. The molecule has 0 aliphatic carbocycles. The fraction of sp³-hybridized carbons (Fsp3) is 0.588. The first kappa shape index (κ1) is 19.5. The molecule has 0 spiro atoms. The number of amides is 1. The monoisotopic (exact) mass is 370 g/mol. The van der Waals surface area contributed by atoms with Crippen LogP contribution in [0.15, 0.2) is 18.2 Å². The van der Waals surface area contributed by atoms with Gasteiger partial charge in [0.25, 0.3) is 0 Å². The molecule has 8 heteroatoms. The highest BCUT2D eigenvalue weighted by Gasteiger charge is 2.48. The standard InChI is InChI=1S/C17H26N2O5S/c1-12(14-11-13(23-2)5-6-15(14)24-3)19-16(20)17(25(4,21)22)7-9-18-10-8-17/h5-6,11-12,18H,7-10H2,1-4H3,(H,19,20). The van der Waals surface area contributed by atoms with Crippen molar-refractivity contribution in [2.24, 2.45) is 0 Å². The van der Waals surface area contributed by atoms with E-state index in [1.54, 1.807) is 39.3 Å². The molecule has 1 aromatic carbocycles. The summed E-state index contributed by atoms with van der Waals surface area (Å²) >= 11 is 0. The molecule has 25 heavy (non-hydrogen) atoms. The van der Waals surface area contributed by atoms with Crippen molar-refractivity contribution in [3.63, 3.8) is 0 Å². The second kappa shape index (κ2) is 7.61. The second-order valence-electron chi connectivity index (χ2n) is 6.32. The average molecular weight is 370 g/mol. The minimum Gasteiger partial charge on any atom is -0.497 e. The zero-order chi connectivity index (χ0) is 18.7. The molecule has 1 amide bonds. The molecular weight excluding hydrogens is 344 g/mol. The van der Waals surface area contributed by atoms with Crippen LogP contribution in [0, 0.1) is 0 Å². The first-order valence-corrected chi connectivity index (χ1v) is 10.1. The SMILES string of the molecule is COc1ccc(OC)c(C(C)NC(=O)C2(S(C)(=O)=O)CCNCC2)c1. The molecule has 1 atom stereocenters. The summed E-state index contributed by atoms with van der Waals surface area (Å²) < 4.78 is 33.9. The fourth-order valence-electron chi connectivity index (χ4n) is 3.18. The quantitative estimate of drug-likeness (QED) is 0.777. The van der Waals surface area contributed by atoms with E-state index in [1.165, 1.54) is 0 Å². The second-order valence-corrected chi connectivity index (χ2v) is 8.65. The van der Waals surface area contributed by atoms with Crippen molar-refractivity contribution in [2.45, 2.75) is 30.6 Å². The van der Waals surface area contributed by atoms with Crippen LogP contribution >= 0.6 is 0 Å². The lowest BCUT2D eigenvalue weighted by Crippen LogP contribution is -2.57. The first-order valence-electron chi connectivity index (χ1n) is 8.18. The van der Waals surface area contributed by atoms with Crippen LogP contribution in [-0.2, 0) is 14.6 Å². The number of carbonyl (C=O) groups excluding carboxylic acids is 1. The number of benzene rings is 1. The molecule has 1 unspecified atom stereocenters. The Labute approximate surface area is 149 Å². The number of sulfone groups is 1. The molecule has 0 bridgehead atoms. The van der Waals surface area contributed by atoms with Gasteiger partial charge in [-0.15, -0.1) is 0 Å². The smallest absolute Gasteiger partial charge is 0.242 e. The van der Waals surface area contributed by atoms with Crippen molar-refractivity contribution >= 4 is 15.7 Å². The number of piperidine rings is 1. The van der Waals surface area contributed by atoms with Crippen LogP contribution in [0.1, 0.15) is 31.4 Å². The van der Waals surface area contributed by atoms with Crippen molar-refractivity contribution in [2.75, 3.05) is 33.6 Å². The highest BCUT2D eigenvalue weighted by Crippen LogP contribution is 2.32. The molecule has 2 N–H and O–H groups in total. The van der Waals surface area contributed by atoms with Gasteiger partial charge in [-0.25, -0.2) is 8.42 Å². The van der Waals surface area contributed by atoms with E-state index in [2.05, 4.69) is 10.6 Å². The molecule has 1 saturated heterocycles. The van der Waals surface area contributed by atoms with E-state index < -0.39 is 26.5 Å². The number of hydrogen-bond acceptors (Lipinski definition) is 6.